The average molecular weight is 548 g/mol. The molecule has 0 aromatic heterocycles. The summed E-state index contributed by atoms with van der Waals surface area (Å²) in [7, 11) is 5.47. The zero-order valence-corrected chi connectivity index (χ0v) is 25.0. The molecule has 2 saturated heterocycles. The van der Waals surface area contributed by atoms with Gasteiger partial charge < -0.3 is 29.0 Å². The monoisotopic (exact) mass is 547 g/mol. The topological polar surface area (TPSA) is 94.5 Å². The number of rotatable bonds is 5. The van der Waals surface area contributed by atoms with Crippen molar-refractivity contribution in [2.75, 3.05) is 27.8 Å². The molecule has 1 N–H and O–H groups in total. The lowest BCUT2D eigenvalue weighted by molar-refractivity contribution is -0.295. The van der Waals surface area contributed by atoms with Crippen molar-refractivity contribution in [2.24, 2.45) is 17.8 Å². The molecule has 2 heterocycles. The molecular formula is C31H49NO7. The van der Waals surface area contributed by atoms with Gasteiger partial charge in [-0.15, -0.1) is 0 Å². The van der Waals surface area contributed by atoms with E-state index in [0.717, 1.165) is 18.4 Å². The van der Waals surface area contributed by atoms with Crippen LogP contribution in [0.25, 0.3) is 0 Å². The predicted octanol–water partition coefficient (Wildman–Crippen LogP) is 4.19. The number of benzene rings is 1. The summed E-state index contributed by atoms with van der Waals surface area (Å²) in [4.78, 5) is 28.8. The number of carbonyl (C=O) groups is 2. The second-order valence-corrected chi connectivity index (χ2v) is 12.2. The van der Waals surface area contributed by atoms with Gasteiger partial charge in [0.25, 0.3) is 0 Å². The summed E-state index contributed by atoms with van der Waals surface area (Å²) in [6.45, 7) is 9.68. The van der Waals surface area contributed by atoms with Crippen LogP contribution in [0, 0.1) is 17.8 Å². The molecular weight excluding hydrogens is 498 g/mol. The van der Waals surface area contributed by atoms with E-state index >= 15 is 0 Å². The van der Waals surface area contributed by atoms with E-state index < -0.39 is 41.9 Å². The number of cyclic esters (lactones) is 1. The minimum Gasteiger partial charge on any atom is -0.465 e. The molecule has 0 spiro atoms. The van der Waals surface area contributed by atoms with Crippen molar-refractivity contribution in [1.82, 2.24) is 4.90 Å². The number of aliphatic hydroxyl groups excluding tert-OH is 1. The number of nitrogens with zero attached hydrogens (tertiary/aromatic N) is 1. The van der Waals surface area contributed by atoms with Gasteiger partial charge in [-0.2, -0.15) is 0 Å². The summed E-state index contributed by atoms with van der Waals surface area (Å²) in [6, 6.07) is 9.90. The highest BCUT2D eigenvalue weighted by Gasteiger charge is 2.48. The maximum atomic E-state index is 13.7. The highest BCUT2D eigenvalue weighted by Crippen LogP contribution is 2.38. The average Bonchev–Trinajstić information content (AvgIpc) is 2.91. The fraction of sp³-hybridized carbons (Fsp3) is 0.742. The fourth-order valence-electron chi connectivity index (χ4n) is 6.22. The molecule has 0 saturated carbocycles. The number of esters is 1. The third-order valence-electron chi connectivity index (χ3n) is 8.77. The van der Waals surface area contributed by atoms with Crippen LogP contribution < -0.4 is 0 Å². The lowest BCUT2D eigenvalue weighted by Crippen LogP contribution is -2.59. The SMILES string of the molecule is CO[C@]1(C)C[C@@H](C)CC[C@@H](c2ccccc2)COC(=O)[C@H](C)C(=O)[C@H](C)[C@H]1O[C@@H]1O[C@H](C)CC(N(C)C)C1O. The van der Waals surface area contributed by atoms with Crippen molar-refractivity contribution < 1.29 is 33.6 Å². The summed E-state index contributed by atoms with van der Waals surface area (Å²) >= 11 is 0. The van der Waals surface area contributed by atoms with Gasteiger partial charge in [-0.05, 0) is 72.0 Å². The molecule has 0 bridgehead atoms. The van der Waals surface area contributed by atoms with E-state index in [1.807, 2.05) is 51.0 Å². The van der Waals surface area contributed by atoms with Crippen molar-refractivity contribution in [2.45, 2.75) is 102 Å². The molecule has 2 aliphatic heterocycles. The van der Waals surface area contributed by atoms with Crippen LogP contribution in [0.2, 0.25) is 0 Å². The Hall–Kier alpha value is -1.84. The summed E-state index contributed by atoms with van der Waals surface area (Å²) in [6.07, 6.45) is 0.261. The molecule has 39 heavy (non-hydrogen) atoms. The molecule has 1 aromatic carbocycles. The zero-order chi connectivity index (χ0) is 28.9. The zero-order valence-electron chi connectivity index (χ0n) is 25.0. The summed E-state index contributed by atoms with van der Waals surface area (Å²) in [5.41, 5.74) is 0.245. The number of aliphatic hydroxyl groups is 1. The second kappa shape index (κ2) is 13.7. The molecule has 0 amide bonds. The first-order chi connectivity index (χ1) is 18.4. The summed E-state index contributed by atoms with van der Waals surface area (Å²) in [5.74, 6) is -2.22. The number of Topliss-reactive ketones (excluding diaryl/α,β-unsaturated/α-hetero) is 1. The van der Waals surface area contributed by atoms with Gasteiger partial charge in [-0.3, -0.25) is 9.59 Å². The van der Waals surface area contributed by atoms with E-state index in [1.165, 1.54) is 0 Å². The Bertz CT molecular complexity index is 940. The Balaban J connectivity index is 1.94. The molecule has 2 aliphatic rings. The summed E-state index contributed by atoms with van der Waals surface area (Å²) in [5, 5.41) is 11.2. The number of ether oxygens (including phenoxy) is 4. The van der Waals surface area contributed by atoms with E-state index in [9.17, 15) is 14.7 Å². The Morgan fingerprint density at radius 3 is 2.33 bits per heavy atom. The van der Waals surface area contributed by atoms with Gasteiger partial charge in [0.15, 0.2) is 12.1 Å². The molecule has 0 radical (unpaired) electrons. The van der Waals surface area contributed by atoms with Crippen molar-refractivity contribution in [1.29, 1.82) is 0 Å². The first kappa shape index (κ1) is 31.7. The van der Waals surface area contributed by atoms with Crippen LogP contribution in [0.15, 0.2) is 30.3 Å². The number of carbonyl (C=O) groups excluding carboxylic acids is 2. The van der Waals surface area contributed by atoms with Crippen LogP contribution in [0.1, 0.15) is 71.8 Å². The number of methoxy groups -OCH3 is 1. The molecule has 2 unspecified atom stereocenters. The van der Waals surface area contributed by atoms with Gasteiger partial charge in [0.05, 0.1) is 24.4 Å². The normalized spacial score (nSPS) is 39.4. The van der Waals surface area contributed by atoms with Crippen LogP contribution >= 0.6 is 0 Å². The second-order valence-electron chi connectivity index (χ2n) is 12.2. The number of likely N-dealkylation sites (N-methyl/N-ethyl adjacent to an activating group) is 1. The summed E-state index contributed by atoms with van der Waals surface area (Å²) < 4.78 is 24.5. The first-order valence-electron chi connectivity index (χ1n) is 14.3. The highest BCUT2D eigenvalue weighted by molar-refractivity contribution is 5.99. The van der Waals surface area contributed by atoms with Crippen molar-refractivity contribution in [3.63, 3.8) is 0 Å². The van der Waals surface area contributed by atoms with Gasteiger partial charge in [0.2, 0.25) is 0 Å². The van der Waals surface area contributed by atoms with E-state index in [2.05, 4.69) is 19.1 Å². The molecule has 8 heteroatoms. The minimum absolute atomic E-state index is 0.0363. The lowest BCUT2D eigenvalue weighted by Gasteiger charge is -2.46. The van der Waals surface area contributed by atoms with E-state index in [0.29, 0.717) is 12.8 Å². The molecule has 0 aliphatic carbocycles. The van der Waals surface area contributed by atoms with Crippen LogP contribution in [-0.2, 0) is 28.5 Å². The van der Waals surface area contributed by atoms with E-state index in [4.69, 9.17) is 18.9 Å². The molecule has 1 aromatic rings. The maximum Gasteiger partial charge on any atom is 0.316 e. The minimum atomic E-state index is -0.965. The number of ketones is 1. The Labute approximate surface area is 234 Å². The fourth-order valence-corrected chi connectivity index (χ4v) is 6.22. The first-order valence-corrected chi connectivity index (χ1v) is 14.3. The molecule has 8 nitrogen and oxygen atoms in total. The number of hydrogen-bond donors (Lipinski definition) is 1. The third-order valence-corrected chi connectivity index (χ3v) is 8.77. The third kappa shape index (κ3) is 7.67. The van der Waals surface area contributed by atoms with Gasteiger partial charge in [-0.25, -0.2) is 0 Å². The molecule has 3 rings (SSSR count). The van der Waals surface area contributed by atoms with Gasteiger partial charge in [-0.1, -0.05) is 44.2 Å². The predicted molar refractivity (Wildman–Crippen MR) is 149 cm³/mol. The largest absolute Gasteiger partial charge is 0.465 e. The van der Waals surface area contributed by atoms with E-state index in [-0.39, 0.29) is 36.4 Å². The van der Waals surface area contributed by atoms with Crippen molar-refractivity contribution in [3.8, 4) is 0 Å². The Kier molecular flexibility index (Phi) is 11.1. The van der Waals surface area contributed by atoms with Gasteiger partial charge in [0.1, 0.15) is 12.0 Å². The molecule has 220 valence electrons. The van der Waals surface area contributed by atoms with Gasteiger partial charge in [0, 0.05) is 25.0 Å². The van der Waals surface area contributed by atoms with Crippen LogP contribution in [0.3, 0.4) is 0 Å². The van der Waals surface area contributed by atoms with Crippen molar-refractivity contribution in [3.05, 3.63) is 35.9 Å². The maximum absolute atomic E-state index is 13.7. The molecule has 2 fully saturated rings. The Morgan fingerprint density at radius 1 is 1.05 bits per heavy atom. The van der Waals surface area contributed by atoms with Crippen LogP contribution in [0.4, 0.5) is 0 Å². The molecule has 10 atom stereocenters. The van der Waals surface area contributed by atoms with Crippen molar-refractivity contribution >= 4 is 11.8 Å². The highest BCUT2D eigenvalue weighted by atomic mass is 16.7. The van der Waals surface area contributed by atoms with E-state index in [1.54, 1.807) is 21.0 Å². The van der Waals surface area contributed by atoms with Gasteiger partial charge >= 0.3 is 5.97 Å². The lowest BCUT2D eigenvalue weighted by atomic mass is 9.77. The van der Waals surface area contributed by atoms with Crippen LogP contribution in [0.5, 0.6) is 0 Å². The van der Waals surface area contributed by atoms with Crippen LogP contribution in [-0.4, -0.2) is 85.8 Å². The number of hydrogen-bond acceptors (Lipinski definition) is 8. The smallest absolute Gasteiger partial charge is 0.316 e. The standard InChI is InChI=1S/C31H49NO7/c1-19-14-15-24(23-12-10-9-11-13-23)18-37-29(35)22(4)26(33)21(3)28(31(5,17-19)36-8)39-30-27(34)25(32(6)7)16-20(2)38-30/h9-13,19-22,24-25,27-28,30,34H,14-18H2,1-8H3/t19-,20+,21-,22+,24+,25?,27?,28+,30-,31+/m0/s1. The Morgan fingerprint density at radius 2 is 1.72 bits per heavy atom. The quantitative estimate of drug-likeness (QED) is 0.433.